The predicted octanol–water partition coefficient (Wildman–Crippen LogP) is 4.46. The number of nitrogens with zero attached hydrogens (tertiary/aromatic N) is 2. The highest BCUT2D eigenvalue weighted by atomic mass is 79.9. The molecule has 0 aliphatic heterocycles. The lowest BCUT2D eigenvalue weighted by Crippen LogP contribution is -2.15. The Kier molecular flexibility index (Phi) is 3.28. The number of thiazole rings is 1. The molecule has 106 valence electrons. The number of hydrogen-bond acceptors (Lipinski definition) is 4. The molecule has 2 heterocycles. The lowest BCUT2D eigenvalue weighted by Gasteiger charge is -2.15. The van der Waals surface area contributed by atoms with E-state index in [9.17, 15) is 0 Å². The van der Waals surface area contributed by atoms with E-state index in [1.54, 1.807) is 11.3 Å². The van der Waals surface area contributed by atoms with Gasteiger partial charge in [-0.2, -0.15) is 0 Å². The van der Waals surface area contributed by atoms with Crippen molar-refractivity contribution in [3.8, 4) is 10.7 Å². The molecule has 0 fully saturated rings. The van der Waals surface area contributed by atoms with Gasteiger partial charge in [-0.15, -0.1) is 11.3 Å². The largest absolute Gasteiger partial charge is 0.323 e. The smallest absolute Gasteiger partial charge is 0.143 e. The van der Waals surface area contributed by atoms with Crippen LogP contribution in [0.5, 0.6) is 0 Å². The summed E-state index contributed by atoms with van der Waals surface area (Å²) in [6, 6.07) is 10.4. The first kappa shape index (κ1) is 13.4. The van der Waals surface area contributed by atoms with Gasteiger partial charge in [-0.25, -0.2) is 9.97 Å². The molecule has 3 aromatic rings. The van der Waals surface area contributed by atoms with Crippen molar-refractivity contribution < 1.29 is 0 Å². The zero-order valence-corrected chi connectivity index (χ0v) is 13.7. The van der Waals surface area contributed by atoms with Crippen molar-refractivity contribution in [2.75, 3.05) is 0 Å². The molecular weight excluding hydrogens is 346 g/mol. The molecule has 1 atom stereocenters. The lowest BCUT2D eigenvalue weighted by atomic mass is 9.99. The zero-order valence-electron chi connectivity index (χ0n) is 11.3. The first-order chi connectivity index (χ1) is 10.2. The summed E-state index contributed by atoms with van der Waals surface area (Å²) in [7, 11) is 0. The number of fused-ring (bicyclic) bond motifs is 2. The number of pyridine rings is 1. The van der Waals surface area contributed by atoms with E-state index in [0.717, 1.165) is 51.0 Å². The van der Waals surface area contributed by atoms with Crippen LogP contribution in [0.4, 0.5) is 0 Å². The summed E-state index contributed by atoms with van der Waals surface area (Å²) in [4.78, 5) is 10.8. The third-order valence-corrected chi connectivity index (χ3v) is 5.71. The molecule has 1 aromatic carbocycles. The van der Waals surface area contributed by atoms with Gasteiger partial charge < -0.3 is 5.73 Å². The van der Waals surface area contributed by atoms with Gasteiger partial charge in [0.1, 0.15) is 10.7 Å². The van der Waals surface area contributed by atoms with Gasteiger partial charge in [0, 0.05) is 20.8 Å². The fraction of sp³-hybridized carbons (Fsp3) is 0.250. The minimum Gasteiger partial charge on any atom is -0.323 e. The fourth-order valence-electron chi connectivity index (χ4n) is 2.79. The molecule has 0 amide bonds. The maximum absolute atomic E-state index is 6.20. The lowest BCUT2D eigenvalue weighted by molar-refractivity contribution is 0.573. The first-order valence-corrected chi connectivity index (χ1v) is 8.64. The normalized spacial score (nSPS) is 17.9. The van der Waals surface area contributed by atoms with Crippen LogP contribution in [0, 0.1) is 0 Å². The van der Waals surface area contributed by atoms with Crippen molar-refractivity contribution in [3.05, 3.63) is 45.4 Å². The predicted molar refractivity (Wildman–Crippen MR) is 90.4 cm³/mol. The average Bonchev–Trinajstić information content (AvgIpc) is 2.92. The Balaban J connectivity index is 1.88. The molecule has 0 saturated heterocycles. The van der Waals surface area contributed by atoms with Crippen molar-refractivity contribution in [3.63, 3.8) is 0 Å². The molecule has 4 rings (SSSR count). The third kappa shape index (κ3) is 2.29. The summed E-state index contributed by atoms with van der Waals surface area (Å²) in [5.74, 6) is 0. The SMILES string of the molecule is NC1CCCc2nc(-c3nc4ccccc4cc3Br)sc21. The molecule has 0 radical (unpaired) electrons. The minimum absolute atomic E-state index is 0.138. The first-order valence-electron chi connectivity index (χ1n) is 7.03. The molecule has 2 aromatic heterocycles. The molecule has 1 aliphatic rings. The summed E-state index contributed by atoms with van der Waals surface area (Å²) >= 11 is 5.33. The number of rotatable bonds is 1. The van der Waals surface area contributed by atoms with E-state index in [1.165, 1.54) is 4.88 Å². The number of aryl methyl sites for hydroxylation is 1. The second kappa shape index (κ2) is 5.16. The summed E-state index contributed by atoms with van der Waals surface area (Å²) in [5, 5.41) is 2.10. The molecule has 0 bridgehead atoms. The summed E-state index contributed by atoms with van der Waals surface area (Å²) in [5.41, 5.74) is 9.28. The number of halogens is 1. The molecule has 0 saturated carbocycles. The van der Waals surface area contributed by atoms with Gasteiger partial charge in [-0.05, 0) is 47.3 Å². The monoisotopic (exact) mass is 359 g/mol. The summed E-state index contributed by atoms with van der Waals surface area (Å²) < 4.78 is 0.987. The van der Waals surface area contributed by atoms with Crippen LogP contribution >= 0.6 is 27.3 Å². The molecular formula is C16H14BrN3S. The third-order valence-electron chi connectivity index (χ3n) is 3.87. The molecule has 2 N–H and O–H groups in total. The number of hydrogen-bond donors (Lipinski definition) is 1. The van der Waals surface area contributed by atoms with E-state index in [1.807, 2.05) is 18.2 Å². The zero-order chi connectivity index (χ0) is 14.4. The number of benzene rings is 1. The standard InChI is InChI=1S/C16H14BrN3S/c17-10-8-9-4-1-2-6-12(9)19-14(10)16-20-13-7-3-5-11(18)15(13)21-16/h1-2,4,6,8,11H,3,5,7,18H2. The van der Waals surface area contributed by atoms with Crippen molar-refractivity contribution in [2.45, 2.75) is 25.3 Å². The Morgan fingerprint density at radius 2 is 2.10 bits per heavy atom. The second-order valence-corrected chi connectivity index (χ2v) is 7.23. The Morgan fingerprint density at radius 3 is 2.95 bits per heavy atom. The van der Waals surface area contributed by atoms with Crippen LogP contribution < -0.4 is 5.73 Å². The van der Waals surface area contributed by atoms with Crippen molar-refractivity contribution in [1.29, 1.82) is 0 Å². The quantitative estimate of drug-likeness (QED) is 0.697. The fourth-order valence-corrected chi connectivity index (χ4v) is 4.60. The van der Waals surface area contributed by atoms with E-state index < -0.39 is 0 Å². The van der Waals surface area contributed by atoms with Gasteiger partial charge in [-0.1, -0.05) is 18.2 Å². The average molecular weight is 360 g/mol. The summed E-state index contributed by atoms with van der Waals surface area (Å²) in [6.45, 7) is 0. The number of para-hydroxylation sites is 1. The van der Waals surface area contributed by atoms with Gasteiger partial charge in [-0.3, -0.25) is 0 Å². The topological polar surface area (TPSA) is 51.8 Å². The number of aromatic nitrogens is 2. The maximum atomic E-state index is 6.20. The molecule has 1 unspecified atom stereocenters. The molecule has 1 aliphatic carbocycles. The Bertz CT molecular complexity index is 828. The highest BCUT2D eigenvalue weighted by Gasteiger charge is 2.23. The van der Waals surface area contributed by atoms with Crippen LogP contribution in [-0.4, -0.2) is 9.97 Å². The van der Waals surface area contributed by atoms with Gasteiger partial charge in [0.15, 0.2) is 0 Å². The Hall–Kier alpha value is -1.30. The Morgan fingerprint density at radius 1 is 1.24 bits per heavy atom. The second-order valence-electron chi connectivity index (χ2n) is 5.34. The van der Waals surface area contributed by atoms with Crippen LogP contribution in [0.3, 0.4) is 0 Å². The van der Waals surface area contributed by atoms with Gasteiger partial charge in [0.25, 0.3) is 0 Å². The van der Waals surface area contributed by atoms with E-state index in [2.05, 4.69) is 28.1 Å². The van der Waals surface area contributed by atoms with Crippen LogP contribution in [0.2, 0.25) is 0 Å². The minimum atomic E-state index is 0.138. The molecule has 0 spiro atoms. The van der Waals surface area contributed by atoms with Gasteiger partial charge >= 0.3 is 0 Å². The van der Waals surface area contributed by atoms with E-state index in [-0.39, 0.29) is 6.04 Å². The van der Waals surface area contributed by atoms with E-state index in [4.69, 9.17) is 15.7 Å². The van der Waals surface area contributed by atoms with Crippen molar-refractivity contribution >= 4 is 38.2 Å². The van der Waals surface area contributed by atoms with Crippen molar-refractivity contribution in [1.82, 2.24) is 9.97 Å². The van der Waals surface area contributed by atoms with Crippen molar-refractivity contribution in [2.24, 2.45) is 5.73 Å². The van der Waals surface area contributed by atoms with E-state index >= 15 is 0 Å². The van der Waals surface area contributed by atoms with Crippen LogP contribution in [0.25, 0.3) is 21.6 Å². The molecule has 21 heavy (non-hydrogen) atoms. The van der Waals surface area contributed by atoms with Crippen LogP contribution in [-0.2, 0) is 6.42 Å². The van der Waals surface area contributed by atoms with Gasteiger partial charge in [0.05, 0.1) is 11.2 Å². The van der Waals surface area contributed by atoms with Crippen LogP contribution in [0.15, 0.2) is 34.8 Å². The highest BCUT2D eigenvalue weighted by Crippen LogP contribution is 2.38. The van der Waals surface area contributed by atoms with Crippen LogP contribution in [0.1, 0.15) is 29.5 Å². The summed E-state index contributed by atoms with van der Waals surface area (Å²) in [6.07, 6.45) is 3.22. The van der Waals surface area contributed by atoms with E-state index in [0.29, 0.717) is 0 Å². The Labute approximate surface area is 135 Å². The molecule has 3 nitrogen and oxygen atoms in total. The van der Waals surface area contributed by atoms with Gasteiger partial charge in [0.2, 0.25) is 0 Å². The molecule has 5 heteroatoms. The maximum Gasteiger partial charge on any atom is 0.143 e. The number of nitrogens with two attached hydrogens (primary N) is 1. The highest BCUT2D eigenvalue weighted by molar-refractivity contribution is 9.10.